The molecular weight excluding hydrogens is 180 g/mol. The van der Waals surface area contributed by atoms with Crippen molar-refractivity contribution in [1.29, 1.82) is 0 Å². The zero-order chi connectivity index (χ0) is 10.2. The van der Waals surface area contributed by atoms with Gasteiger partial charge in [0.1, 0.15) is 24.4 Å². The molecule has 0 aliphatic carbocycles. The Morgan fingerprint density at radius 1 is 1.08 bits per heavy atom. The minimum Gasteiger partial charge on any atom is -0.387 e. The molecule has 1 heterocycles. The predicted octanol–water partition coefficient (Wildman–Crippen LogP) is -2.62. The van der Waals surface area contributed by atoms with Crippen molar-refractivity contribution < 1.29 is 30.0 Å². The van der Waals surface area contributed by atoms with Crippen LogP contribution in [-0.2, 0) is 9.53 Å². The number of aliphatic hydroxyl groups is 4. The molecule has 4 N–H and O–H groups in total. The third-order valence-electron chi connectivity index (χ3n) is 1.99. The first-order chi connectivity index (χ1) is 5.95. The Balaban J connectivity index is 2.76. The number of carbonyl (C=O) groups is 1. The molecule has 0 spiro atoms. The minimum absolute atomic E-state index is 0.516. The van der Waals surface area contributed by atoms with Crippen molar-refractivity contribution in [3.05, 3.63) is 0 Å². The number of carbonyl (C=O) groups excluding carboxylic acids is 1. The average Bonchev–Trinajstić information content (AvgIpc) is 2.07. The molecule has 13 heavy (non-hydrogen) atoms. The second-order valence-electron chi connectivity index (χ2n) is 3.03. The summed E-state index contributed by atoms with van der Waals surface area (Å²) < 4.78 is 4.59. The Morgan fingerprint density at radius 2 is 1.62 bits per heavy atom. The molecule has 1 aliphatic heterocycles. The lowest BCUT2D eigenvalue weighted by atomic mass is 9.97. The molecule has 6 heteroatoms. The van der Waals surface area contributed by atoms with E-state index in [9.17, 15) is 9.90 Å². The van der Waals surface area contributed by atoms with E-state index < -0.39 is 36.5 Å². The summed E-state index contributed by atoms with van der Waals surface area (Å²) in [4.78, 5) is 10.8. The van der Waals surface area contributed by atoms with Gasteiger partial charge in [0.2, 0.25) is 0 Å². The molecule has 1 saturated heterocycles. The van der Waals surface area contributed by atoms with E-state index in [0.717, 1.165) is 6.92 Å². The van der Waals surface area contributed by atoms with E-state index in [2.05, 4.69) is 4.74 Å². The fourth-order valence-electron chi connectivity index (χ4n) is 1.20. The zero-order valence-electron chi connectivity index (χ0n) is 6.99. The van der Waals surface area contributed by atoms with Crippen molar-refractivity contribution in [2.45, 2.75) is 37.6 Å². The summed E-state index contributed by atoms with van der Waals surface area (Å²) in [6.45, 7) is 1.16. The average molecular weight is 192 g/mol. The fraction of sp³-hybridized carbons (Fsp3) is 0.857. The molecule has 1 rings (SSSR count). The highest BCUT2D eigenvalue weighted by Crippen LogP contribution is 2.20. The van der Waals surface area contributed by atoms with E-state index in [-0.39, 0.29) is 0 Å². The van der Waals surface area contributed by atoms with Crippen molar-refractivity contribution in [3.8, 4) is 0 Å². The maximum Gasteiger partial charge on any atom is 0.184 e. The normalized spacial score (nSPS) is 46.1. The molecular formula is C7H12O6. The second-order valence-corrected chi connectivity index (χ2v) is 3.03. The van der Waals surface area contributed by atoms with Crippen LogP contribution in [-0.4, -0.2) is 56.9 Å². The van der Waals surface area contributed by atoms with Gasteiger partial charge in [-0.2, -0.15) is 0 Å². The van der Waals surface area contributed by atoms with E-state index in [0.29, 0.717) is 0 Å². The molecule has 0 amide bonds. The molecule has 1 fully saturated rings. The number of hydrogen-bond acceptors (Lipinski definition) is 6. The van der Waals surface area contributed by atoms with Crippen molar-refractivity contribution in [3.63, 3.8) is 0 Å². The van der Waals surface area contributed by atoms with Crippen LogP contribution in [0, 0.1) is 0 Å². The van der Waals surface area contributed by atoms with Crippen molar-refractivity contribution in [1.82, 2.24) is 0 Å². The first-order valence-electron chi connectivity index (χ1n) is 3.83. The van der Waals surface area contributed by atoms with Gasteiger partial charge in [-0.1, -0.05) is 0 Å². The smallest absolute Gasteiger partial charge is 0.184 e. The molecule has 76 valence electrons. The summed E-state index contributed by atoms with van der Waals surface area (Å²) in [7, 11) is 0. The zero-order valence-corrected chi connectivity index (χ0v) is 6.99. The summed E-state index contributed by atoms with van der Waals surface area (Å²) in [5, 5.41) is 36.4. The van der Waals surface area contributed by atoms with Crippen LogP contribution in [0.1, 0.15) is 6.92 Å². The summed E-state index contributed by atoms with van der Waals surface area (Å²) in [6, 6.07) is 0. The Hall–Kier alpha value is -0.530. The van der Waals surface area contributed by atoms with E-state index >= 15 is 0 Å². The molecule has 0 aromatic heterocycles. The van der Waals surface area contributed by atoms with Gasteiger partial charge in [-0.3, -0.25) is 4.79 Å². The Labute approximate surface area is 74.4 Å². The Kier molecular flexibility index (Phi) is 2.99. The summed E-state index contributed by atoms with van der Waals surface area (Å²) in [5.74, 6) is -0.516. The van der Waals surface area contributed by atoms with Crippen LogP contribution < -0.4 is 0 Å². The molecule has 6 nitrogen and oxygen atoms in total. The fourth-order valence-corrected chi connectivity index (χ4v) is 1.20. The van der Waals surface area contributed by atoms with Crippen molar-refractivity contribution in [2.24, 2.45) is 0 Å². The number of ketones is 1. The lowest BCUT2D eigenvalue weighted by molar-refractivity contribution is -0.274. The van der Waals surface area contributed by atoms with Gasteiger partial charge in [0.15, 0.2) is 12.1 Å². The van der Waals surface area contributed by atoms with Gasteiger partial charge in [0.25, 0.3) is 0 Å². The van der Waals surface area contributed by atoms with Crippen LogP contribution in [0.5, 0.6) is 0 Å². The van der Waals surface area contributed by atoms with Crippen molar-refractivity contribution >= 4 is 5.78 Å². The maximum atomic E-state index is 10.8. The molecule has 0 unspecified atom stereocenters. The molecule has 5 atom stereocenters. The minimum atomic E-state index is -1.65. The third kappa shape index (κ3) is 1.87. The molecule has 0 aromatic rings. The Bertz CT molecular complexity index is 205. The number of aliphatic hydroxyl groups excluding tert-OH is 4. The van der Waals surface area contributed by atoms with Crippen LogP contribution in [0.25, 0.3) is 0 Å². The highest BCUT2D eigenvalue weighted by molar-refractivity contribution is 5.81. The van der Waals surface area contributed by atoms with Gasteiger partial charge in [0.05, 0.1) is 0 Å². The highest BCUT2D eigenvalue weighted by Gasteiger charge is 2.44. The molecule has 0 bridgehead atoms. The van der Waals surface area contributed by atoms with Gasteiger partial charge >= 0.3 is 0 Å². The number of rotatable bonds is 1. The number of hydrogen-bond donors (Lipinski definition) is 4. The SMILES string of the molecule is CC(=O)[C@H]1O[C@H](O)[C@H](O)[C@H](O)[C@@H]1O. The first kappa shape index (κ1) is 10.6. The van der Waals surface area contributed by atoms with Gasteiger partial charge in [0, 0.05) is 0 Å². The molecule has 0 radical (unpaired) electrons. The van der Waals surface area contributed by atoms with Crippen LogP contribution in [0.2, 0.25) is 0 Å². The number of ether oxygens (including phenoxy) is 1. The second kappa shape index (κ2) is 3.69. The monoisotopic (exact) mass is 192 g/mol. The molecule has 1 aliphatic rings. The third-order valence-corrected chi connectivity index (χ3v) is 1.99. The van der Waals surface area contributed by atoms with Crippen LogP contribution in [0.15, 0.2) is 0 Å². The van der Waals surface area contributed by atoms with Crippen LogP contribution >= 0.6 is 0 Å². The lowest BCUT2D eigenvalue weighted by Gasteiger charge is -2.37. The van der Waals surface area contributed by atoms with Gasteiger partial charge in [-0.05, 0) is 6.92 Å². The molecule has 0 aromatic carbocycles. The highest BCUT2D eigenvalue weighted by atomic mass is 16.6. The predicted molar refractivity (Wildman–Crippen MR) is 39.6 cm³/mol. The van der Waals surface area contributed by atoms with Gasteiger partial charge in [-0.15, -0.1) is 0 Å². The van der Waals surface area contributed by atoms with E-state index in [1.807, 2.05) is 0 Å². The van der Waals surface area contributed by atoms with Crippen LogP contribution in [0.3, 0.4) is 0 Å². The standard InChI is InChI=1S/C7H12O6/c1-2(8)6-4(10)3(9)5(11)7(12)13-6/h3-7,9-12H,1H3/t3-,4+,5-,6-,7+/m1/s1. The number of Topliss-reactive ketones (excluding diaryl/α,β-unsaturated/α-hetero) is 1. The van der Waals surface area contributed by atoms with Gasteiger partial charge < -0.3 is 25.2 Å². The van der Waals surface area contributed by atoms with Gasteiger partial charge in [-0.25, -0.2) is 0 Å². The summed E-state index contributed by atoms with van der Waals surface area (Å²) in [5.41, 5.74) is 0. The largest absolute Gasteiger partial charge is 0.387 e. The van der Waals surface area contributed by atoms with E-state index in [4.69, 9.17) is 15.3 Å². The van der Waals surface area contributed by atoms with E-state index in [1.165, 1.54) is 0 Å². The Morgan fingerprint density at radius 3 is 2.08 bits per heavy atom. The van der Waals surface area contributed by atoms with Crippen LogP contribution in [0.4, 0.5) is 0 Å². The quantitative estimate of drug-likeness (QED) is 0.362. The lowest BCUT2D eigenvalue weighted by Crippen LogP contribution is -2.59. The topological polar surface area (TPSA) is 107 Å². The first-order valence-corrected chi connectivity index (χ1v) is 3.83. The maximum absolute atomic E-state index is 10.8. The summed E-state index contributed by atoms with van der Waals surface area (Å²) in [6.07, 6.45) is -7.60. The van der Waals surface area contributed by atoms with E-state index in [1.54, 1.807) is 0 Å². The molecule has 0 saturated carbocycles. The van der Waals surface area contributed by atoms with Crippen molar-refractivity contribution in [2.75, 3.05) is 0 Å². The summed E-state index contributed by atoms with van der Waals surface area (Å²) >= 11 is 0.